The first-order valence-corrected chi connectivity index (χ1v) is 11.3. The van der Waals surface area contributed by atoms with Crippen molar-refractivity contribution in [1.82, 2.24) is 10.2 Å². The molecule has 0 aromatic heterocycles. The number of benzene rings is 3. The van der Waals surface area contributed by atoms with Crippen LogP contribution < -0.4 is 5.32 Å². The Balaban J connectivity index is 1.16. The zero-order valence-corrected chi connectivity index (χ0v) is 18.2. The minimum absolute atomic E-state index is 0.00222. The van der Waals surface area contributed by atoms with Crippen LogP contribution in [0, 0.1) is 5.82 Å². The standard InChI is InChI=1S/C27H26F2N2O2/c28-19-11-9-18(10-12-19)15-30-26-13-14-31(16-25(26)29)27(32)33-17-24-22-7-3-1-5-20(22)21-6-2-4-8-23(21)24/h1-12,24-26,30H,13-17H2/t25-,26+/m1/s1. The molecule has 1 N–H and O–H groups in total. The number of amides is 1. The average molecular weight is 449 g/mol. The van der Waals surface area contributed by atoms with Gasteiger partial charge in [0.05, 0.1) is 6.54 Å². The monoisotopic (exact) mass is 448 g/mol. The molecule has 2 atom stereocenters. The van der Waals surface area contributed by atoms with Crippen molar-refractivity contribution < 1.29 is 18.3 Å². The fraction of sp³-hybridized carbons (Fsp3) is 0.296. The van der Waals surface area contributed by atoms with Crippen LogP contribution in [-0.4, -0.2) is 42.9 Å². The predicted octanol–water partition coefficient (Wildman–Crippen LogP) is 5.28. The van der Waals surface area contributed by atoms with Gasteiger partial charge in [-0.25, -0.2) is 13.6 Å². The van der Waals surface area contributed by atoms with Crippen LogP contribution in [0.3, 0.4) is 0 Å². The van der Waals surface area contributed by atoms with E-state index in [1.165, 1.54) is 28.2 Å². The quantitative estimate of drug-likeness (QED) is 0.578. The van der Waals surface area contributed by atoms with Gasteiger partial charge in [-0.05, 0) is 46.4 Å². The molecule has 3 aromatic rings. The molecule has 1 aliphatic heterocycles. The van der Waals surface area contributed by atoms with E-state index < -0.39 is 12.3 Å². The SMILES string of the molecule is O=C(OCC1c2ccccc2-c2ccccc21)N1CC[C@H](NCc2ccc(F)cc2)[C@H](F)C1. The molecule has 33 heavy (non-hydrogen) atoms. The first-order valence-electron chi connectivity index (χ1n) is 11.3. The summed E-state index contributed by atoms with van der Waals surface area (Å²) in [6.07, 6.45) is -1.18. The van der Waals surface area contributed by atoms with Crippen molar-refractivity contribution >= 4 is 6.09 Å². The topological polar surface area (TPSA) is 41.6 Å². The van der Waals surface area contributed by atoms with Crippen LogP contribution in [0.15, 0.2) is 72.8 Å². The molecule has 4 nitrogen and oxygen atoms in total. The number of carbonyl (C=O) groups excluding carboxylic acids is 1. The molecule has 1 saturated heterocycles. The van der Waals surface area contributed by atoms with E-state index in [1.807, 2.05) is 24.3 Å². The number of piperidine rings is 1. The zero-order chi connectivity index (χ0) is 22.8. The van der Waals surface area contributed by atoms with Gasteiger partial charge in [0.25, 0.3) is 0 Å². The smallest absolute Gasteiger partial charge is 0.409 e. The van der Waals surface area contributed by atoms with Gasteiger partial charge in [-0.2, -0.15) is 0 Å². The average Bonchev–Trinajstić information content (AvgIpc) is 3.16. The fourth-order valence-corrected chi connectivity index (χ4v) is 4.84. The van der Waals surface area contributed by atoms with Gasteiger partial charge in [-0.15, -0.1) is 0 Å². The van der Waals surface area contributed by atoms with Gasteiger partial charge in [0, 0.05) is 25.0 Å². The van der Waals surface area contributed by atoms with Crippen LogP contribution in [0.25, 0.3) is 11.1 Å². The molecule has 0 unspecified atom stereocenters. The Hall–Kier alpha value is -3.25. The molecule has 5 rings (SSSR count). The summed E-state index contributed by atoms with van der Waals surface area (Å²) in [4.78, 5) is 14.2. The number of hydrogen-bond donors (Lipinski definition) is 1. The number of hydrogen-bond acceptors (Lipinski definition) is 3. The van der Waals surface area contributed by atoms with Crippen molar-refractivity contribution in [2.24, 2.45) is 0 Å². The number of fused-ring (bicyclic) bond motifs is 3. The lowest BCUT2D eigenvalue weighted by molar-refractivity contribution is 0.0628. The van der Waals surface area contributed by atoms with Gasteiger partial charge in [0.2, 0.25) is 0 Å². The highest BCUT2D eigenvalue weighted by molar-refractivity contribution is 5.79. The number of ether oxygens (including phenoxy) is 1. The van der Waals surface area contributed by atoms with Crippen LogP contribution >= 0.6 is 0 Å². The minimum atomic E-state index is -1.19. The molecule has 6 heteroatoms. The molecular weight excluding hydrogens is 422 g/mol. The Morgan fingerprint density at radius 2 is 1.61 bits per heavy atom. The van der Waals surface area contributed by atoms with Crippen LogP contribution in [0.2, 0.25) is 0 Å². The van der Waals surface area contributed by atoms with Gasteiger partial charge in [-0.3, -0.25) is 0 Å². The third-order valence-corrected chi connectivity index (χ3v) is 6.62. The maximum Gasteiger partial charge on any atom is 0.409 e. The Morgan fingerprint density at radius 3 is 2.24 bits per heavy atom. The van der Waals surface area contributed by atoms with Crippen molar-refractivity contribution in [3.8, 4) is 11.1 Å². The summed E-state index contributed by atoms with van der Waals surface area (Å²) in [6, 6.07) is 22.1. The zero-order valence-electron chi connectivity index (χ0n) is 18.2. The van der Waals surface area contributed by atoms with E-state index in [-0.39, 0.29) is 30.9 Å². The second kappa shape index (κ2) is 9.32. The lowest BCUT2D eigenvalue weighted by atomic mass is 9.98. The van der Waals surface area contributed by atoms with E-state index in [4.69, 9.17) is 4.74 Å². The van der Waals surface area contributed by atoms with E-state index >= 15 is 0 Å². The molecule has 0 spiro atoms. The lowest BCUT2D eigenvalue weighted by Gasteiger charge is -2.34. The van der Waals surface area contributed by atoms with Crippen LogP contribution in [0.5, 0.6) is 0 Å². The van der Waals surface area contributed by atoms with E-state index in [0.29, 0.717) is 19.5 Å². The third kappa shape index (κ3) is 4.48. The van der Waals surface area contributed by atoms with E-state index in [9.17, 15) is 13.6 Å². The molecule has 0 saturated carbocycles. The number of nitrogens with one attached hydrogen (secondary N) is 1. The maximum absolute atomic E-state index is 14.8. The molecule has 2 aliphatic rings. The number of rotatable bonds is 5. The van der Waals surface area contributed by atoms with Gasteiger partial charge >= 0.3 is 6.09 Å². The second-order valence-corrected chi connectivity index (χ2v) is 8.67. The van der Waals surface area contributed by atoms with Crippen molar-refractivity contribution in [2.75, 3.05) is 19.7 Å². The Bertz CT molecular complexity index is 1090. The number of halogens is 2. The molecule has 1 fully saturated rings. The molecule has 170 valence electrons. The second-order valence-electron chi connectivity index (χ2n) is 8.67. The van der Waals surface area contributed by atoms with Crippen molar-refractivity contribution in [3.63, 3.8) is 0 Å². The summed E-state index contributed by atoms with van der Waals surface area (Å²) in [5.74, 6) is -0.309. The van der Waals surface area contributed by atoms with Crippen molar-refractivity contribution in [2.45, 2.75) is 31.1 Å². The fourth-order valence-electron chi connectivity index (χ4n) is 4.84. The first-order chi connectivity index (χ1) is 16.1. The van der Waals surface area contributed by atoms with Crippen molar-refractivity contribution in [3.05, 3.63) is 95.3 Å². The summed E-state index contributed by atoms with van der Waals surface area (Å²) >= 11 is 0. The molecular formula is C27H26F2N2O2. The third-order valence-electron chi connectivity index (χ3n) is 6.62. The highest BCUT2D eigenvalue weighted by atomic mass is 19.1. The Morgan fingerprint density at radius 1 is 0.970 bits per heavy atom. The van der Waals surface area contributed by atoms with Crippen LogP contribution in [0.4, 0.5) is 13.6 Å². The van der Waals surface area contributed by atoms with Crippen LogP contribution in [-0.2, 0) is 11.3 Å². The molecule has 3 aromatic carbocycles. The molecule has 1 amide bonds. The molecule has 0 radical (unpaired) electrons. The largest absolute Gasteiger partial charge is 0.448 e. The normalized spacial score (nSPS) is 19.8. The number of likely N-dealkylation sites (tertiary alicyclic amines) is 1. The maximum atomic E-state index is 14.8. The van der Waals surface area contributed by atoms with Gasteiger partial charge < -0.3 is 15.0 Å². The lowest BCUT2D eigenvalue weighted by Crippen LogP contribution is -2.52. The Labute approximate surface area is 192 Å². The highest BCUT2D eigenvalue weighted by Gasteiger charge is 2.33. The predicted molar refractivity (Wildman–Crippen MR) is 123 cm³/mol. The molecule has 1 aliphatic carbocycles. The number of alkyl halides is 1. The van der Waals surface area contributed by atoms with Gasteiger partial charge in [0.15, 0.2) is 0 Å². The Kier molecular flexibility index (Phi) is 6.09. The van der Waals surface area contributed by atoms with Crippen LogP contribution in [0.1, 0.15) is 29.0 Å². The van der Waals surface area contributed by atoms with E-state index in [0.717, 1.165) is 16.7 Å². The number of nitrogens with zero attached hydrogens (tertiary/aromatic N) is 1. The molecule has 0 bridgehead atoms. The van der Waals surface area contributed by atoms with Gasteiger partial charge in [-0.1, -0.05) is 60.7 Å². The summed E-state index contributed by atoms with van der Waals surface area (Å²) in [5.41, 5.74) is 5.54. The highest BCUT2D eigenvalue weighted by Crippen LogP contribution is 2.44. The summed E-state index contributed by atoms with van der Waals surface area (Å²) < 4.78 is 33.5. The number of carbonyl (C=O) groups is 1. The minimum Gasteiger partial charge on any atom is -0.448 e. The van der Waals surface area contributed by atoms with Crippen molar-refractivity contribution in [1.29, 1.82) is 0 Å². The summed E-state index contributed by atoms with van der Waals surface area (Å²) in [7, 11) is 0. The van der Waals surface area contributed by atoms with Gasteiger partial charge in [0.1, 0.15) is 18.6 Å². The summed E-state index contributed by atoms with van der Waals surface area (Å²) in [5, 5.41) is 3.19. The van der Waals surface area contributed by atoms with E-state index in [2.05, 4.69) is 29.6 Å². The first kappa shape index (κ1) is 21.6. The summed E-state index contributed by atoms with van der Waals surface area (Å²) in [6.45, 7) is 1.11. The van der Waals surface area contributed by atoms with E-state index in [1.54, 1.807) is 12.1 Å². The molecule has 1 heterocycles.